The van der Waals surface area contributed by atoms with E-state index in [-0.39, 0.29) is 17.9 Å². The largest absolute Gasteiger partial charge is 0.508 e. The van der Waals surface area contributed by atoms with Crippen LogP contribution in [0.1, 0.15) is 58.8 Å². The zero-order valence-corrected chi connectivity index (χ0v) is 15.5. The molecule has 4 rings (SSSR count). The van der Waals surface area contributed by atoms with E-state index in [4.69, 9.17) is 0 Å². The van der Waals surface area contributed by atoms with Gasteiger partial charge in [-0.05, 0) is 61.9 Å². The predicted molar refractivity (Wildman–Crippen MR) is 104 cm³/mol. The predicted octanol–water partition coefficient (Wildman–Crippen LogP) is 3.63. The molecule has 2 amide bonds. The normalized spacial score (nSPS) is 19.1. The van der Waals surface area contributed by atoms with Crippen LogP contribution in [0.5, 0.6) is 5.75 Å². The lowest BCUT2D eigenvalue weighted by Gasteiger charge is -2.28. The second-order valence-corrected chi connectivity index (χ2v) is 7.43. The van der Waals surface area contributed by atoms with E-state index in [9.17, 15) is 14.7 Å². The third kappa shape index (κ3) is 3.29. The number of rotatable bonds is 3. The van der Waals surface area contributed by atoms with Crippen molar-refractivity contribution in [1.29, 1.82) is 0 Å². The van der Waals surface area contributed by atoms with Crippen molar-refractivity contribution in [2.45, 2.75) is 45.1 Å². The Bertz CT molecular complexity index is 906. The maximum Gasteiger partial charge on any atom is 0.253 e. The van der Waals surface area contributed by atoms with E-state index in [1.807, 2.05) is 37.3 Å². The van der Waals surface area contributed by atoms with Gasteiger partial charge in [0.1, 0.15) is 5.75 Å². The first kappa shape index (κ1) is 17.6. The Morgan fingerprint density at radius 3 is 2.81 bits per heavy atom. The number of benzene rings is 2. The van der Waals surface area contributed by atoms with Gasteiger partial charge in [-0.3, -0.25) is 9.59 Å². The zero-order valence-electron chi connectivity index (χ0n) is 15.5. The van der Waals surface area contributed by atoms with Crippen molar-refractivity contribution >= 4 is 17.5 Å². The highest BCUT2D eigenvalue weighted by atomic mass is 16.3. The molecule has 0 radical (unpaired) electrons. The second-order valence-electron chi connectivity index (χ2n) is 7.43. The minimum Gasteiger partial charge on any atom is -0.508 e. The first-order chi connectivity index (χ1) is 13.0. The number of fused-ring (bicyclic) bond motifs is 1. The minimum atomic E-state index is -0.172. The van der Waals surface area contributed by atoms with Gasteiger partial charge in [0.2, 0.25) is 5.91 Å². The quantitative estimate of drug-likeness (QED) is 0.874. The Hall–Kier alpha value is -2.82. The van der Waals surface area contributed by atoms with Crippen molar-refractivity contribution in [3.8, 4) is 5.75 Å². The molecule has 1 aliphatic heterocycles. The zero-order chi connectivity index (χ0) is 19.0. The standard InChI is InChI=1S/C22H24N2O3/c1-14-10-11-19(24-12-4-9-21(24)26)17(13-14)22(27)23-18-7-2-6-16-15(18)5-3-8-20(16)25/h3,5,8,10-11,13,18,25H,2,4,6-7,9,12H2,1H3,(H,23,27). The number of nitrogens with zero attached hydrogens (tertiary/aromatic N) is 1. The molecule has 1 unspecified atom stereocenters. The molecule has 2 aliphatic rings. The molecule has 2 N–H and O–H groups in total. The molecule has 1 atom stereocenters. The molecule has 2 aromatic rings. The van der Waals surface area contributed by atoms with Crippen LogP contribution in [-0.2, 0) is 11.2 Å². The Balaban J connectivity index is 1.64. The average Bonchev–Trinajstić information content (AvgIpc) is 3.08. The lowest BCUT2D eigenvalue weighted by molar-refractivity contribution is -0.117. The fourth-order valence-electron chi connectivity index (χ4n) is 4.19. The Kier molecular flexibility index (Phi) is 4.60. The van der Waals surface area contributed by atoms with Gasteiger partial charge in [-0.1, -0.05) is 23.8 Å². The number of carbonyl (C=O) groups is 2. The number of amides is 2. The highest BCUT2D eigenvalue weighted by Gasteiger charge is 2.28. The summed E-state index contributed by atoms with van der Waals surface area (Å²) in [6.07, 6.45) is 3.94. The maximum absolute atomic E-state index is 13.1. The van der Waals surface area contributed by atoms with E-state index in [1.165, 1.54) is 0 Å². The van der Waals surface area contributed by atoms with Crippen molar-refractivity contribution < 1.29 is 14.7 Å². The maximum atomic E-state index is 13.1. The summed E-state index contributed by atoms with van der Waals surface area (Å²) in [6.45, 7) is 2.60. The molecule has 2 aromatic carbocycles. The monoisotopic (exact) mass is 364 g/mol. The van der Waals surface area contributed by atoms with Gasteiger partial charge >= 0.3 is 0 Å². The SMILES string of the molecule is Cc1ccc(N2CCCC2=O)c(C(=O)NC2CCCc3c(O)cccc32)c1. The topological polar surface area (TPSA) is 69.6 Å². The van der Waals surface area contributed by atoms with Crippen LogP contribution < -0.4 is 10.2 Å². The molecule has 0 saturated carbocycles. The van der Waals surface area contributed by atoms with E-state index in [1.54, 1.807) is 11.0 Å². The van der Waals surface area contributed by atoms with Crippen LogP contribution in [0, 0.1) is 6.92 Å². The van der Waals surface area contributed by atoms with Crippen LogP contribution in [0.2, 0.25) is 0 Å². The summed E-state index contributed by atoms with van der Waals surface area (Å²) in [6, 6.07) is 11.0. The summed E-state index contributed by atoms with van der Waals surface area (Å²) in [5, 5.41) is 13.3. The summed E-state index contributed by atoms with van der Waals surface area (Å²) in [5.41, 5.74) is 4.12. The van der Waals surface area contributed by atoms with E-state index in [0.717, 1.165) is 42.4 Å². The van der Waals surface area contributed by atoms with Crippen LogP contribution in [0.3, 0.4) is 0 Å². The highest BCUT2D eigenvalue weighted by Crippen LogP contribution is 2.35. The van der Waals surface area contributed by atoms with Crippen molar-refractivity contribution in [2.75, 3.05) is 11.4 Å². The van der Waals surface area contributed by atoms with E-state index < -0.39 is 0 Å². The number of phenols is 1. The fraction of sp³-hybridized carbons (Fsp3) is 0.364. The van der Waals surface area contributed by atoms with E-state index in [0.29, 0.717) is 30.0 Å². The summed E-state index contributed by atoms with van der Waals surface area (Å²) in [4.78, 5) is 27.0. The van der Waals surface area contributed by atoms with Gasteiger partial charge in [0.15, 0.2) is 0 Å². The van der Waals surface area contributed by atoms with Crippen molar-refractivity contribution in [3.05, 3.63) is 58.7 Å². The molecule has 27 heavy (non-hydrogen) atoms. The number of anilines is 1. The van der Waals surface area contributed by atoms with Gasteiger partial charge < -0.3 is 15.3 Å². The average molecular weight is 364 g/mol. The lowest BCUT2D eigenvalue weighted by atomic mass is 9.87. The van der Waals surface area contributed by atoms with E-state index >= 15 is 0 Å². The van der Waals surface area contributed by atoms with Crippen molar-refractivity contribution in [2.24, 2.45) is 0 Å². The van der Waals surface area contributed by atoms with Crippen LogP contribution in [-0.4, -0.2) is 23.5 Å². The number of nitrogens with one attached hydrogen (secondary N) is 1. The first-order valence-corrected chi connectivity index (χ1v) is 9.57. The fourth-order valence-corrected chi connectivity index (χ4v) is 4.19. The third-order valence-corrected chi connectivity index (χ3v) is 5.55. The Morgan fingerprint density at radius 1 is 1.19 bits per heavy atom. The van der Waals surface area contributed by atoms with Gasteiger partial charge in [0.05, 0.1) is 17.3 Å². The Morgan fingerprint density at radius 2 is 2.04 bits per heavy atom. The summed E-state index contributed by atoms with van der Waals surface area (Å²) < 4.78 is 0. The summed E-state index contributed by atoms with van der Waals surface area (Å²) in [5.74, 6) is 0.195. The molecule has 1 saturated heterocycles. The van der Waals surface area contributed by atoms with E-state index in [2.05, 4.69) is 5.32 Å². The van der Waals surface area contributed by atoms with Gasteiger partial charge in [0, 0.05) is 13.0 Å². The van der Waals surface area contributed by atoms with Gasteiger partial charge in [-0.15, -0.1) is 0 Å². The molecule has 140 valence electrons. The van der Waals surface area contributed by atoms with Crippen LogP contribution in [0.4, 0.5) is 5.69 Å². The van der Waals surface area contributed by atoms with Crippen LogP contribution >= 0.6 is 0 Å². The summed E-state index contributed by atoms with van der Waals surface area (Å²) >= 11 is 0. The lowest BCUT2D eigenvalue weighted by Crippen LogP contribution is -2.33. The van der Waals surface area contributed by atoms with Gasteiger partial charge in [0.25, 0.3) is 5.91 Å². The van der Waals surface area contributed by atoms with Crippen LogP contribution in [0.25, 0.3) is 0 Å². The molecule has 5 nitrogen and oxygen atoms in total. The molecule has 1 fully saturated rings. The number of carbonyl (C=O) groups excluding carboxylic acids is 2. The number of aromatic hydroxyl groups is 1. The third-order valence-electron chi connectivity index (χ3n) is 5.55. The molecule has 0 bridgehead atoms. The van der Waals surface area contributed by atoms with Crippen LogP contribution in [0.15, 0.2) is 36.4 Å². The minimum absolute atomic E-state index is 0.0702. The number of hydrogen-bond acceptors (Lipinski definition) is 3. The molecular weight excluding hydrogens is 340 g/mol. The molecule has 0 spiro atoms. The smallest absolute Gasteiger partial charge is 0.253 e. The highest BCUT2D eigenvalue weighted by molar-refractivity contribution is 6.05. The first-order valence-electron chi connectivity index (χ1n) is 9.57. The molecular formula is C22H24N2O3. The number of aryl methyl sites for hydroxylation is 1. The second kappa shape index (κ2) is 7.06. The van der Waals surface area contributed by atoms with Crippen molar-refractivity contribution in [3.63, 3.8) is 0 Å². The summed E-state index contributed by atoms with van der Waals surface area (Å²) in [7, 11) is 0. The molecule has 5 heteroatoms. The van der Waals surface area contributed by atoms with Crippen molar-refractivity contribution in [1.82, 2.24) is 5.32 Å². The molecule has 1 aliphatic carbocycles. The molecule has 1 heterocycles. The van der Waals surface area contributed by atoms with Gasteiger partial charge in [-0.25, -0.2) is 0 Å². The van der Waals surface area contributed by atoms with Gasteiger partial charge in [-0.2, -0.15) is 0 Å². The molecule has 0 aromatic heterocycles. The number of phenolic OH excluding ortho intramolecular Hbond substituents is 1. The number of hydrogen-bond donors (Lipinski definition) is 2. The Labute approximate surface area is 159 Å².